The third kappa shape index (κ3) is 3.77. The molecule has 0 fully saturated rings. The van der Waals surface area contributed by atoms with Crippen molar-refractivity contribution in [3.8, 4) is 0 Å². The van der Waals surface area contributed by atoms with Gasteiger partial charge in [-0.25, -0.2) is 0 Å². The predicted molar refractivity (Wildman–Crippen MR) is 95.7 cm³/mol. The molecule has 2 aromatic heterocycles. The van der Waals surface area contributed by atoms with Gasteiger partial charge in [0.1, 0.15) is 5.01 Å². The highest BCUT2D eigenvalue weighted by atomic mass is 35.5. The summed E-state index contributed by atoms with van der Waals surface area (Å²) in [6.45, 7) is 7.01. The Morgan fingerprint density at radius 2 is 2.04 bits per heavy atom. The lowest BCUT2D eigenvalue weighted by Crippen LogP contribution is -2.23. The quantitative estimate of drug-likeness (QED) is 0.679. The van der Waals surface area contributed by atoms with Crippen molar-refractivity contribution in [2.75, 3.05) is 13.1 Å². The zero-order valence-corrected chi connectivity index (χ0v) is 14.7. The summed E-state index contributed by atoms with van der Waals surface area (Å²) >= 11 is 7.52. The lowest BCUT2D eigenvalue weighted by Gasteiger charge is -2.15. The van der Waals surface area contributed by atoms with Crippen molar-refractivity contribution in [2.24, 2.45) is 0 Å². The molecule has 0 aliphatic carbocycles. The van der Waals surface area contributed by atoms with E-state index < -0.39 is 0 Å². The molecule has 0 aliphatic rings. The Hall–Kier alpha value is -1.76. The fourth-order valence-electron chi connectivity index (χ4n) is 2.26. The molecular formula is C16H18ClN5S. The Morgan fingerprint density at radius 1 is 1.22 bits per heavy atom. The van der Waals surface area contributed by atoms with Crippen LogP contribution < -0.4 is 0 Å². The smallest absolute Gasteiger partial charge is 0.235 e. The van der Waals surface area contributed by atoms with Gasteiger partial charge < -0.3 is 0 Å². The molecule has 0 atom stereocenters. The van der Waals surface area contributed by atoms with Crippen LogP contribution in [-0.2, 0) is 6.54 Å². The van der Waals surface area contributed by atoms with Crippen molar-refractivity contribution in [3.63, 3.8) is 0 Å². The van der Waals surface area contributed by atoms with Crippen LogP contribution in [0.15, 0.2) is 24.3 Å². The predicted octanol–water partition coefficient (Wildman–Crippen LogP) is 3.85. The Labute approximate surface area is 144 Å². The van der Waals surface area contributed by atoms with Gasteiger partial charge in [0.15, 0.2) is 5.82 Å². The molecule has 0 saturated carbocycles. The number of aromatic nitrogens is 4. The van der Waals surface area contributed by atoms with Gasteiger partial charge in [0.25, 0.3) is 0 Å². The fourth-order valence-corrected chi connectivity index (χ4v) is 3.22. The van der Waals surface area contributed by atoms with Crippen LogP contribution in [0, 0.1) is 0 Å². The molecule has 0 N–H and O–H groups in total. The van der Waals surface area contributed by atoms with Crippen LogP contribution >= 0.6 is 22.9 Å². The second-order valence-corrected chi connectivity index (χ2v) is 6.52. The molecule has 0 bridgehead atoms. The highest BCUT2D eigenvalue weighted by Gasteiger charge is 2.12. The maximum atomic E-state index is 6.00. The minimum atomic E-state index is 0.729. The van der Waals surface area contributed by atoms with Gasteiger partial charge >= 0.3 is 0 Å². The highest BCUT2D eigenvalue weighted by Crippen LogP contribution is 2.18. The number of hydrogen-bond acceptors (Lipinski definition) is 5. The molecule has 0 aliphatic heterocycles. The molecular weight excluding hydrogens is 330 g/mol. The Morgan fingerprint density at radius 3 is 2.78 bits per heavy atom. The first-order valence-electron chi connectivity index (χ1n) is 7.56. The molecule has 3 rings (SSSR count). The van der Waals surface area contributed by atoms with E-state index in [1.54, 1.807) is 0 Å². The average molecular weight is 348 g/mol. The van der Waals surface area contributed by atoms with Gasteiger partial charge in [-0.2, -0.15) is 9.61 Å². The van der Waals surface area contributed by atoms with Crippen LogP contribution in [0.25, 0.3) is 17.1 Å². The molecule has 0 unspecified atom stereocenters. The lowest BCUT2D eigenvalue weighted by molar-refractivity contribution is 0.286. The van der Waals surface area contributed by atoms with E-state index in [1.807, 2.05) is 40.9 Å². The molecule has 2 heterocycles. The zero-order valence-electron chi connectivity index (χ0n) is 13.1. The summed E-state index contributed by atoms with van der Waals surface area (Å²) in [5, 5.41) is 14.7. The molecule has 0 radical (unpaired) electrons. The summed E-state index contributed by atoms with van der Waals surface area (Å²) < 4.78 is 1.83. The van der Waals surface area contributed by atoms with Gasteiger partial charge in [0.05, 0.1) is 6.54 Å². The van der Waals surface area contributed by atoms with Crippen molar-refractivity contribution in [1.82, 2.24) is 24.7 Å². The van der Waals surface area contributed by atoms with E-state index in [2.05, 4.69) is 34.0 Å². The van der Waals surface area contributed by atoms with Crippen LogP contribution in [0.1, 0.15) is 30.2 Å². The largest absolute Gasteiger partial charge is 0.296 e. The number of benzene rings is 1. The number of fused-ring (bicyclic) bond motifs is 1. The minimum absolute atomic E-state index is 0.729. The highest BCUT2D eigenvalue weighted by molar-refractivity contribution is 7.17. The number of halogens is 1. The van der Waals surface area contributed by atoms with Crippen LogP contribution in [0.4, 0.5) is 0 Å². The number of hydrogen-bond donors (Lipinski definition) is 0. The van der Waals surface area contributed by atoms with Gasteiger partial charge in [0.2, 0.25) is 4.96 Å². The maximum Gasteiger partial charge on any atom is 0.235 e. The van der Waals surface area contributed by atoms with Crippen molar-refractivity contribution >= 4 is 40.1 Å². The van der Waals surface area contributed by atoms with E-state index in [0.29, 0.717) is 0 Å². The van der Waals surface area contributed by atoms with Gasteiger partial charge in [0, 0.05) is 5.02 Å². The SMILES string of the molecule is CCN(CC)Cc1nnc2sc(/C=C\c3cccc(Cl)c3)nn12. The van der Waals surface area contributed by atoms with E-state index in [9.17, 15) is 0 Å². The van der Waals surface area contributed by atoms with E-state index in [0.717, 1.165) is 46.0 Å². The molecule has 3 aromatic rings. The standard InChI is InChI=1S/C16H18ClN5S/c1-3-21(4-2)11-14-18-19-16-22(14)20-15(23-16)9-8-12-6-5-7-13(17)10-12/h5-10H,3-4,11H2,1-2H3/b9-8-. The minimum Gasteiger partial charge on any atom is -0.296 e. The Bertz CT molecular complexity index is 819. The van der Waals surface area contributed by atoms with E-state index in [4.69, 9.17) is 11.6 Å². The molecule has 0 saturated heterocycles. The fraction of sp³-hybridized carbons (Fsp3) is 0.312. The maximum absolute atomic E-state index is 6.00. The van der Waals surface area contributed by atoms with Crippen molar-refractivity contribution in [2.45, 2.75) is 20.4 Å². The summed E-state index contributed by atoms with van der Waals surface area (Å²) in [7, 11) is 0. The van der Waals surface area contributed by atoms with Crippen LogP contribution in [-0.4, -0.2) is 37.8 Å². The van der Waals surface area contributed by atoms with Crippen molar-refractivity contribution in [1.29, 1.82) is 0 Å². The normalized spacial score (nSPS) is 12.0. The zero-order chi connectivity index (χ0) is 16.2. The molecule has 0 spiro atoms. The summed E-state index contributed by atoms with van der Waals surface area (Å²) in [6, 6.07) is 7.73. The van der Waals surface area contributed by atoms with Crippen LogP contribution in [0.2, 0.25) is 5.02 Å². The first-order chi connectivity index (χ1) is 11.2. The van der Waals surface area contributed by atoms with E-state index in [1.165, 1.54) is 11.3 Å². The van der Waals surface area contributed by atoms with E-state index in [-0.39, 0.29) is 0 Å². The molecule has 23 heavy (non-hydrogen) atoms. The van der Waals surface area contributed by atoms with Crippen LogP contribution in [0.5, 0.6) is 0 Å². The summed E-state index contributed by atoms with van der Waals surface area (Å²) in [4.78, 5) is 3.11. The summed E-state index contributed by atoms with van der Waals surface area (Å²) in [5.41, 5.74) is 1.05. The average Bonchev–Trinajstić information content (AvgIpc) is 3.11. The number of rotatable bonds is 6. The molecule has 120 valence electrons. The van der Waals surface area contributed by atoms with Crippen LogP contribution in [0.3, 0.4) is 0 Å². The van der Waals surface area contributed by atoms with Gasteiger partial charge in [-0.1, -0.05) is 55.0 Å². The van der Waals surface area contributed by atoms with Gasteiger partial charge in [-0.15, -0.1) is 10.2 Å². The first-order valence-corrected chi connectivity index (χ1v) is 8.76. The van der Waals surface area contributed by atoms with Gasteiger partial charge in [-0.3, -0.25) is 4.90 Å². The van der Waals surface area contributed by atoms with Crippen molar-refractivity contribution < 1.29 is 0 Å². The molecule has 1 aromatic carbocycles. The Kier molecular flexibility index (Phi) is 5.05. The van der Waals surface area contributed by atoms with Crippen molar-refractivity contribution in [3.05, 3.63) is 45.7 Å². The summed E-state index contributed by atoms with van der Waals surface area (Å²) in [5.74, 6) is 0.877. The first kappa shape index (κ1) is 16.1. The second-order valence-electron chi connectivity index (χ2n) is 5.10. The number of nitrogens with zero attached hydrogens (tertiary/aromatic N) is 5. The Balaban J connectivity index is 1.82. The third-order valence-corrected chi connectivity index (χ3v) is 4.70. The lowest BCUT2D eigenvalue weighted by atomic mass is 10.2. The molecule has 7 heteroatoms. The monoisotopic (exact) mass is 347 g/mol. The van der Waals surface area contributed by atoms with Gasteiger partial charge in [-0.05, 0) is 36.9 Å². The topological polar surface area (TPSA) is 46.3 Å². The second kappa shape index (κ2) is 7.21. The third-order valence-electron chi connectivity index (χ3n) is 3.60. The molecule has 5 nitrogen and oxygen atoms in total. The van der Waals surface area contributed by atoms with E-state index >= 15 is 0 Å². The molecule has 0 amide bonds. The summed E-state index contributed by atoms with van der Waals surface area (Å²) in [6.07, 6.45) is 3.98.